The molecule has 102 valence electrons. The molecule has 2 N–H and O–H groups in total. The van der Waals surface area contributed by atoms with E-state index >= 15 is 0 Å². The van der Waals surface area contributed by atoms with E-state index in [4.69, 9.17) is 0 Å². The van der Waals surface area contributed by atoms with Crippen molar-refractivity contribution < 1.29 is 9.72 Å². The Morgan fingerprint density at radius 1 is 1.47 bits per heavy atom. The fraction of sp³-hybridized carbons (Fsp3) is 0.417. The van der Waals surface area contributed by atoms with Crippen LogP contribution in [0.25, 0.3) is 0 Å². The molecule has 0 spiro atoms. The van der Waals surface area contributed by atoms with Gasteiger partial charge in [0.15, 0.2) is 0 Å². The number of carbonyl (C=O) groups is 1. The Labute approximate surface area is 118 Å². The number of non-ortho nitro benzene ring substituents is 1. The molecule has 7 heteroatoms. The van der Waals surface area contributed by atoms with E-state index in [1.54, 1.807) is 0 Å². The van der Waals surface area contributed by atoms with Crippen LogP contribution in [0.2, 0.25) is 0 Å². The number of hydrogen-bond donors (Lipinski definition) is 2. The Morgan fingerprint density at radius 3 is 2.84 bits per heavy atom. The Hall–Kier alpha value is -1.47. The molecule has 0 unspecified atom stereocenters. The molecule has 0 aliphatic carbocycles. The Kier molecular flexibility index (Phi) is 4.49. The third-order valence-electron chi connectivity index (χ3n) is 3.05. The second-order valence-electron chi connectivity index (χ2n) is 4.41. The zero-order valence-corrected chi connectivity index (χ0v) is 11.8. The predicted octanol–water partition coefficient (Wildman–Crippen LogP) is 2.44. The van der Waals surface area contributed by atoms with Gasteiger partial charge in [-0.25, -0.2) is 0 Å². The lowest BCUT2D eigenvalue weighted by atomic mass is 10.0. The van der Waals surface area contributed by atoms with Crippen molar-refractivity contribution in [2.45, 2.75) is 25.3 Å². The standard InChI is InChI=1S/C12H14BrN3O3/c13-9-7-8(16(18)19)4-5-10(9)15-12(17)11-3-1-2-6-14-11/h4-5,7,11,14H,1-3,6H2,(H,15,17)/t11-/m0/s1. The molecule has 2 rings (SSSR count). The minimum absolute atomic E-state index is 0.0133. The van der Waals surface area contributed by atoms with E-state index < -0.39 is 4.92 Å². The van der Waals surface area contributed by atoms with Gasteiger partial charge < -0.3 is 10.6 Å². The number of halogens is 1. The summed E-state index contributed by atoms with van der Waals surface area (Å²) in [6.07, 6.45) is 2.94. The highest BCUT2D eigenvalue weighted by Gasteiger charge is 2.21. The number of anilines is 1. The van der Waals surface area contributed by atoms with Crippen LogP contribution in [-0.4, -0.2) is 23.4 Å². The second kappa shape index (κ2) is 6.12. The Bertz CT molecular complexity index is 501. The minimum Gasteiger partial charge on any atom is -0.324 e. The number of rotatable bonds is 3. The average molecular weight is 328 g/mol. The van der Waals surface area contributed by atoms with E-state index in [1.165, 1.54) is 18.2 Å². The molecule has 1 aliphatic heterocycles. The first-order valence-corrected chi connectivity index (χ1v) is 6.85. The summed E-state index contributed by atoms with van der Waals surface area (Å²) in [7, 11) is 0. The topological polar surface area (TPSA) is 84.3 Å². The van der Waals surface area contributed by atoms with Gasteiger partial charge in [-0.3, -0.25) is 14.9 Å². The van der Waals surface area contributed by atoms with E-state index in [-0.39, 0.29) is 17.6 Å². The third-order valence-corrected chi connectivity index (χ3v) is 3.70. The lowest BCUT2D eigenvalue weighted by molar-refractivity contribution is -0.384. The first-order valence-electron chi connectivity index (χ1n) is 6.06. The van der Waals surface area contributed by atoms with E-state index in [9.17, 15) is 14.9 Å². The average Bonchev–Trinajstić information content (AvgIpc) is 2.41. The van der Waals surface area contributed by atoms with Crippen molar-refractivity contribution >= 4 is 33.2 Å². The molecule has 1 heterocycles. The van der Waals surface area contributed by atoms with Gasteiger partial charge >= 0.3 is 0 Å². The number of piperidine rings is 1. The van der Waals surface area contributed by atoms with Gasteiger partial charge in [0.1, 0.15) is 0 Å². The highest BCUT2D eigenvalue weighted by atomic mass is 79.9. The number of amides is 1. The summed E-state index contributed by atoms with van der Waals surface area (Å²) in [5.74, 6) is -0.103. The van der Waals surface area contributed by atoms with E-state index in [0.29, 0.717) is 10.2 Å². The number of nitro benzene ring substituents is 1. The smallest absolute Gasteiger partial charge is 0.270 e. The maximum atomic E-state index is 12.0. The van der Waals surface area contributed by atoms with Crippen molar-refractivity contribution in [3.8, 4) is 0 Å². The molecule has 1 aromatic carbocycles. The lowest BCUT2D eigenvalue weighted by Crippen LogP contribution is -2.43. The van der Waals surface area contributed by atoms with Crippen LogP contribution in [0.15, 0.2) is 22.7 Å². The maximum Gasteiger partial charge on any atom is 0.270 e. The van der Waals surface area contributed by atoms with Gasteiger partial charge in [0.25, 0.3) is 5.69 Å². The number of carbonyl (C=O) groups excluding carboxylic acids is 1. The Balaban J connectivity index is 2.06. The molecule has 0 radical (unpaired) electrons. The van der Waals surface area contributed by atoms with Crippen LogP contribution in [0, 0.1) is 10.1 Å². The summed E-state index contributed by atoms with van der Waals surface area (Å²) < 4.78 is 0.505. The molecule has 1 amide bonds. The molecule has 1 saturated heterocycles. The quantitative estimate of drug-likeness (QED) is 0.659. The number of nitrogens with zero attached hydrogens (tertiary/aromatic N) is 1. The molecule has 1 aliphatic rings. The van der Waals surface area contributed by atoms with Crippen LogP contribution < -0.4 is 10.6 Å². The van der Waals surface area contributed by atoms with Crippen LogP contribution in [0.3, 0.4) is 0 Å². The molecule has 1 atom stereocenters. The van der Waals surface area contributed by atoms with Crippen molar-refractivity contribution in [1.82, 2.24) is 5.32 Å². The largest absolute Gasteiger partial charge is 0.324 e. The van der Waals surface area contributed by atoms with Gasteiger partial charge in [0, 0.05) is 16.6 Å². The summed E-state index contributed by atoms with van der Waals surface area (Å²) in [6, 6.07) is 4.09. The molecule has 1 fully saturated rings. The number of nitro groups is 1. The molecule has 0 aromatic heterocycles. The van der Waals surface area contributed by atoms with E-state index in [0.717, 1.165) is 25.8 Å². The van der Waals surface area contributed by atoms with Gasteiger partial charge in [0.05, 0.1) is 16.7 Å². The fourth-order valence-electron chi connectivity index (χ4n) is 2.01. The molecule has 6 nitrogen and oxygen atoms in total. The van der Waals surface area contributed by atoms with Crippen LogP contribution >= 0.6 is 15.9 Å². The van der Waals surface area contributed by atoms with Crippen LogP contribution in [0.4, 0.5) is 11.4 Å². The second-order valence-corrected chi connectivity index (χ2v) is 5.27. The zero-order valence-electron chi connectivity index (χ0n) is 10.2. The maximum absolute atomic E-state index is 12.0. The zero-order chi connectivity index (χ0) is 13.8. The highest BCUT2D eigenvalue weighted by molar-refractivity contribution is 9.10. The lowest BCUT2D eigenvalue weighted by Gasteiger charge is -2.22. The summed E-state index contributed by atoms with van der Waals surface area (Å²) in [6.45, 7) is 0.847. The van der Waals surface area contributed by atoms with Crippen molar-refractivity contribution in [2.24, 2.45) is 0 Å². The fourth-order valence-corrected chi connectivity index (χ4v) is 2.48. The van der Waals surface area contributed by atoms with Crippen LogP contribution in [0.1, 0.15) is 19.3 Å². The molecule has 0 saturated carbocycles. The summed E-state index contributed by atoms with van der Waals surface area (Å²) >= 11 is 3.23. The molecule has 1 aromatic rings. The van der Waals surface area contributed by atoms with E-state index in [2.05, 4.69) is 26.6 Å². The number of hydrogen-bond acceptors (Lipinski definition) is 4. The number of benzene rings is 1. The molecular formula is C12H14BrN3O3. The monoisotopic (exact) mass is 327 g/mol. The minimum atomic E-state index is -0.473. The van der Waals surface area contributed by atoms with Crippen molar-refractivity contribution in [2.75, 3.05) is 11.9 Å². The first-order chi connectivity index (χ1) is 9.08. The molecular weight excluding hydrogens is 314 g/mol. The van der Waals surface area contributed by atoms with Crippen LogP contribution in [0.5, 0.6) is 0 Å². The van der Waals surface area contributed by atoms with Gasteiger partial charge in [-0.1, -0.05) is 6.42 Å². The predicted molar refractivity (Wildman–Crippen MR) is 75.1 cm³/mol. The Morgan fingerprint density at radius 2 is 2.26 bits per heavy atom. The van der Waals surface area contributed by atoms with Crippen molar-refractivity contribution in [3.05, 3.63) is 32.8 Å². The molecule has 19 heavy (non-hydrogen) atoms. The van der Waals surface area contributed by atoms with E-state index in [1.807, 2.05) is 0 Å². The van der Waals surface area contributed by atoms with Crippen molar-refractivity contribution in [3.63, 3.8) is 0 Å². The van der Waals surface area contributed by atoms with Gasteiger partial charge in [0.2, 0.25) is 5.91 Å². The van der Waals surface area contributed by atoms with Gasteiger partial charge in [-0.2, -0.15) is 0 Å². The van der Waals surface area contributed by atoms with Crippen molar-refractivity contribution in [1.29, 1.82) is 0 Å². The third kappa shape index (κ3) is 3.51. The van der Waals surface area contributed by atoms with Gasteiger partial charge in [-0.05, 0) is 41.4 Å². The normalized spacial score (nSPS) is 18.9. The summed E-state index contributed by atoms with van der Waals surface area (Å²) in [4.78, 5) is 22.2. The first kappa shape index (κ1) is 14.0. The summed E-state index contributed by atoms with van der Waals surface area (Å²) in [5.41, 5.74) is 0.531. The SMILES string of the molecule is O=C(Nc1ccc([N+](=O)[O-])cc1Br)[C@@H]1CCCCN1. The van der Waals surface area contributed by atoms with Gasteiger partial charge in [-0.15, -0.1) is 0 Å². The highest BCUT2D eigenvalue weighted by Crippen LogP contribution is 2.27. The molecule has 0 bridgehead atoms. The van der Waals surface area contributed by atoms with Crippen LogP contribution in [-0.2, 0) is 4.79 Å². The number of nitrogens with one attached hydrogen (secondary N) is 2. The summed E-state index contributed by atoms with van der Waals surface area (Å²) in [5, 5.41) is 16.5.